The summed E-state index contributed by atoms with van der Waals surface area (Å²) in [5, 5.41) is 3.01. The smallest absolute Gasteiger partial charge is 0.242 e. The Labute approximate surface area is 93.0 Å². The van der Waals surface area contributed by atoms with Crippen molar-refractivity contribution in [2.75, 3.05) is 33.4 Å². The Morgan fingerprint density at radius 3 is 2.40 bits per heavy atom. The molecular weight excluding hydrogens is 192 g/mol. The minimum atomic E-state index is -0.498. The molecule has 0 rings (SSSR count). The predicted octanol–water partition coefficient (Wildman–Crippen LogP) is 0.869. The van der Waals surface area contributed by atoms with Gasteiger partial charge in [0.15, 0.2) is 0 Å². The zero-order chi connectivity index (χ0) is 11.9. The van der Waals surface area contributed by atoms with E-state index in [1.807, 2.05) is 32.6 Å². The van der Waals surface area contributed by atoms with E-state index in [1.165, 1.54) is 0 Å². The number of carbonyl (C=O) groups excluding carboxylic acids is 1. The maximum atomic E-state index is 12.0. The monoisotopic (exact) mass is 216 g/mol. The van der Waals surface area contributed by atoms with Crippen LogP contribution in [-0.4, -0.2) is 49.7 Å². The van der Waals surface area contributed by atoms with E-state index >= 15 is 0 Å². The lowest BCUT2D eigenvalue weighted by atomic mass is 10.0. The predicted molar refractivity (Wildman–Crippen MR) is 61.9 cm³/mol. The van der Waals surface area contributed by atoms with Crippen LogP contribution in [0.3, 0.4) is 0 Å². The summed E-state index contributed by atoms with van der Waals surface area (Å²) in [5.74, 6) is 0.118. The first-order chi connectivity index (χ1) is 6.99. The standard InChI is InChI=1S/C11H24N2O2/c1-6-13(8-9-15-7-2)10(14)11(3,4)12-5/h12H,6-9H2,1-5H3. The van der Waals surface area contributed by atoms with Crippen LogP contribution in [0.4, 0.5) is 0 Å². The molecule has 0 aliphatic rings. The first-order valence-electron chi connectivity index (χ1n) is 5.55. The number of amides is 1. The van der Waals surface area contributed by atoms with Crippen molar-refractivity contribution in [1.29, 1.82) is 0 Å². The lowest BCUT2D eigenvalue weighted by molar-refractivity contribution is -0.137. The third-order valence-corrected chi connectivity index (χ3v) is 2.54. The van der Waals surface area contributed by atoms with Crippen molar-refractivity contribution in [2.24, 2.45) is 0 Å². The lowest BCUT2D eigenvalue weighted by Crippen LogP contribution is -2.53. The second kappa shape index (κ2) is 6.80. The van der Waals surface area contributed by atoms with E-state index < -0.39 is 5.54 Å². The van der Waals surface area contributed by atoms with Gasteiger partial charge < -0.3 is 15.0 Å². The highest BCUT2D eigenvalue weighted by Crippen LogP contribution is 2.06. The van der Waals surface area contributed by atoms with E-state index in [-0.39, 0.29) is 5.91 Å². The van der Waals surface area contributed by atoms with Gasteiger partial charge in [-0.3, -0.25) is 4.79 Å². The summed E-state index contributed by atoms with van der Waals surface area (Å²) >= 11 is 0. The summed E-state index contributed by atoms with van der Waals surface area (Å²) in [5.41, 5.74) is -0.498. The topological polar surface area (TPSA) is 41.6 Å². The minimum Gasteiger partial charge on any atom is -0.380 e. The van der Waals surface area contributed by atoms with Gasteiger partial charge in [0.25, 0.3) is 0 Å². The minimum absolute atomic E-state index is 0.118. The van der Waals surface area contributed by atoms with Crippen LogP contribution in [0.15, 0.2) is 0 Å². The summed E-state index contributed by atoms with van der Waals surface area (Å²) < 4.78 is 5.25. The molecule has 15 heavy (non-hydrogen) atoms. The molecule has 0 aromatic carbocycles. The van der Waals surface area contributed by atoms with Gasteiger partial charge >= 0.3 is 0 Å². The van der Waals surface area contributed by atoms with Crippen molar-refractivity contribution in [1.82, 2.24) is 10.2 Å². The van der Waals surface area contributed by atoms with Crippen LogP contribution in [0.2, 0.25) is 0 Å². The van der Waals surface area contributed by atoms with Crippen LogP contribution in [0.5, 0.6) is 0 Å². The number of ether oxygens (including phenoxy) is 1. The molecule has 0 saturated carbocycles. The first kappa shape index (κ1) is 14.4. The average Bonchev–Trinajstić information content (AvgIpc) is 2.23. The molecule has 0 heterocycles. The zero-order valence-corrected chi connectivity index (χ0v) is 10.6. The fraction of sp³-hybridized carbons (Fsp3) is 0.909. The van der Waals surface area contributed by atoms with Crippen molar-refractivity contribution < 1.29 is 9.53 Å². The molecule has 0 spiro atoms. The number of hydrogen-bond acceptors (Lipinski definition) is 3. The highest BCUT2D eigenvalue weighted by molar-refractivity contribution is 5.85. The highest BCUT2D eigenvalue weighted by Gasteiger charge is 2.29. The molecule has 90 valence electrons. The van der Waals surface area contributed by atoms with Crippen LogP contribution in [0, 0.1) is 0 Å². The third-order valence-electron chi connectivity index (χ3n) is 2.54. The van der Waals surface area contributed by atoms with Gasteiger partial charge in [-0.2, -0.15) is 0 Å². The van der Waals surface area contributed by atoms with Gasteiger partial charge in [0.05, 0.1) is 12.1 Å². The maximum Gasteiger partial charge on any atom is 0.242 e. The molecule has 0 atom stereocenters. The molecule has 4 nitrogen and oxygen atoms in total. The second-order valence-corrected chi connectivity index (χ2v) is 3.96. The molecule has 0 bridgehead atoms. The molecule has 0 unspecified atom stereocenters. The summed E-state index contributed by atoms with van der Waals surface area (Å²) in [6, 6.07) is 0. The van der Waals surface area contributed by atoms with Crippen molar-refractivity contribution in [3.63, 3.8) is 0 Å². The largest absolute Gasteiger partial charge is 0.380 e. The number of rotatable bonds is 7. The maximum absolute atomic E-state index is 12.0. The molecule has 0 aromatic heterocycles. The van der Waals surface area contributed by atoms with E-state index in [4.69, 9.17) is 4.74 Å². The molecule has 0 radical (unpaired) electrons. The molecule has 4 heteroatoms. The molecule has 0 fully saturated rings. The molecule has 1 N–H and O–H groups in total. The van der Waals surface area contributed by atoms with Gasteiger partial charge in [0.1, 0.15) is 0 Å². The van der Waals surface area contributed by atoms with Crippen molar-refractivity contribution in [2.45, 2.75) is 33.2 Å². The highest BCUT2D eigenvalue weighted by atomic mass is 16.5. The Morgan fingerprint density at radius 2 is 2.00 bits per heavy atom. The fourth-order valence-corrected chi connectivity index (χ4v) is 1.22. The number of carbonyl (C=O) groups is 1. The van der Waals surface area contributed by atoms with Crippen LogP contribution in [0.1, 0.15) is 27.7 Å². The number of nitrogens with one attached hydrogen (secondary N) is 1. The van der Waals surface area contributed by atoms with E-state index in [9.17, 15) is 4.79 Å². The molecule has 0 saturated heterocycles. The van der Waals surface area contributed by atoms with Gasteiger partial charge in [-0.25, -0.2) is 0 Å². The molecule has 0 aliphatic carbocycles. The molecule has 1 amide bonds. The van der Waals surface area contributed by atoms with E-state index in [0.717, 1.165) is 6.54 Å². The van der Waals surface area contributed by atoms with E-state index in [1.54, 1.807) is 7.05 Å². The Morgan fingerprint density at radius 1 is 1.40 bits per heavy atom. The van der Waals surface area contributed by atoms with Crippen LogP contribution in [-0.2, 0) is 9.53 Å². The third kappa shape index (κ3) is 4.62. The molecule has 0 aromatic rings. The van der Waals surface area contributed by atoms with Gasteiger partial charge in [-0.15, -0.1) is 0 Å². The Balaban J connectivity index is 4.22. The SMILES string of the molecule is CCOCCN(CC)C(=O)C(C)(C)NC. The first-order valence-corrected chi connectivity index (χ1v) is 5.55. The van der Waals surface area contributed by atoms with Crippen LogP contribution >= 0.6 is 0 Å². The van der Waals surface area contributed by atoms with Gasteiger partial charge in [0, 0.05) is 19.7 Å². The quantitative estimate of drug-likeness (QED) is 0.642. The number of nitrogens with zero attached hydrogens (tertiary/aromatic N) is 1. The Bertz CT molecular complexity index is 193. The Kier molecular flexibility index (Phi) is 6.52. The summed E-state index contributed by atoms with van der Waals surface area (Å²) in [4.78, 5) is 13.8. The summed E-state index contributed by atoms with van der Waals surface area (Å²) in [7, 11) is 1.80. The summed E-state index contributed by atoms with van der Waals surface area (Å²) in [6.07, 6.45) is 0. The zero-order valence-electron chi connectivity index (χ0n) is 10.6. The summed E-state index contributed by atoms with van der Waals surface area (Å²) in [6.45, 7) is 10.4. The van der Waals surface area contributed by atoms with Crippen LogP contribution in [0.25, 0.3) is 0 Å². The molecule has 0 aliphatic heterocycles. The van der Waals surface area contributed by atoms with Crippen molar-refractivity contribution in [3.05, 3.63) is 0 Å². The number of hydrogen-bond donors (Lipinski definition) is 1. The molecular formula is C11H24N2O2. The lowest BCUT2D eigenvalue weighted by Gasteiger charge is -2.30. The van der Waals surface area contributed by atoms with Gasteiger partial charge in [-0.1, -0.05) is 0 Å². The Hall–Kier alpha value is -0.610. The van der Waals surface area contributed by atoms with E-state index in [0.29, 0.717) is 19.8 Å². The van der Waals surface area contributed by atoms with Crippen molar-refractivity contribution >= 4 is 5.91 Å². The average molecular weight is 216 g/mol. The van der Waals surface area contributed by atoms with Crippen LogP contribution < -0.4 is 5.32 Å². The normalized spacial score (nSPS) is 11.5. The van der Waals surface area contributed by atoms with Gasteiger partial charge in [-0.05, 0) is 34.7 Å². The van der Waals surface area contributed by atoms with Gasteiger partial charge in [0.2, 0.25) is 5.91 Å². The van der Waals surface area contributed by atoms with E-state index in [2.05, 4.69) is 5.32 Å². The number of likely N-dealkylation sites (N-methyl/N-ethyl adjacent to an activating group) is 2. The van der Waals surface area contributed by atoms with Crippen molar-refractivity contribution in [3.8, 4) is 0 Å². The fourth-order valence-electron chi connectivity index (χ4n) is 1.22. The second-order valence-electron chi connectivity index (χ2n) is 3.96.